The van der Waals surface area contributed by atoms with Crippen molar-refractivity contribution >= 4 is 11.7 Å². The molecule has 3 aromatic rings. The van der Waals surface area contributed by atoms with Crippen LogP contribution in [0.1, 0.15) is 23.2 Å². The Morgan fingerprint density at radius 2 is 1.86 bits per heavy atom. The first-order valence-corrected chi connectivity index (χ1v) is 9.38. The lowest BCUT2D eigenvalue weighted by atomic mass is 10.0. The number of hydrogen-bond acceptors (Lipinski definition) is 4. The van der Waals surface area contributed by atoms with Gasteiger partial charge >= 0.3 is 12.0 Å². The van der Waals surface area contributed by atoms with Gasteiger partial charge in [0.15, 0.2) is 0 Å². The van der Waals surface area contributed by atoms with Crippen LogP contribution in [-0.4, -0.2) is 27.4 Å². The molecule has 142 valence electrons. The van der Waals surface area contributed by atoms with Gasteiger partial charge in [-0.1, -0.05) is 24.3 Å². The van der Waals surface area contributed by atoms with Crippen molar-refractivity contribution in [2.24, 2.45) is 0 Å². The van der Waals surface area contributed by atoms with Gasteiger partial charge < -0.3 is 15.0 Å². The fourth-order valence-electron chi connectivity index (χ4n) is 3.26. The number of nitrogens with zero attached hydrogens (tertiary/aromatic N) is 3. The van der Waals surface area contributed by atoms with Crippen molar-refractivity contribution in [1.82, 2.24) is 14.9 Å². The van der Waals surface area contributed by atoms with Crippen molar-refractivity contribution in [1.29, 1.82) is 0 Å². The molecule has 2 amide bonds. The predicted octanol–water partition coefficient (Wildman–Crippen LogP) is 4.56. The highest BCUT2D eigenvalue weighted by molar-refractivity contribution is 5.89. The van der Waals surface area contributed by atoms with E-state index in [1.165, 1.54) is 11.1 Å². The molecule has 0 bridgehead atoms. The van der Waals surface area contributed by atoms with Gasteiger partial charge in [-0.15, -0.1) is 0 Å². The molecule has 0 unspecified atom stereocenters. The number of anilines is 1. The van der Waals surface area contributed by atoms with Crippen LogP contribution in [0.25, 0.3) is 0 Å². The summed E-state index contributed by atoms with van der Waals surface area (Å²) in [5.74, 6) is 0.618. The molecule has 6 heteroatoms. The third-order valence-corrected chi connectivity index (χ3v) is 4.73. The van der Waals surface area contributed by atoms with Crippen LogP contribution in [0.5, 0.6) is 11.8 Å². The number of aromatic nitrogens is 2. The summed E-state index contributed by atoms with van der Waals surface area (Å²) in [6.07, 6.45) is 3.63. The summed E-state index contributed by atoms with van der Waals surface area (Å²) in [4.78, 5) is 22.9. The smallest absolute Gasteiger partial charge is 0.322 e. The van der Waals surface area contributed by atoms with Gasteiger partial charge in [0, 0.05) is 30.7 Å². The van der Waals surface area contributed by atoms with Crippen LogP contribution in [0.2, 0.25) is 0 Å². The number of carbonyl (C=O) groups excluding carboxylic acids is 1. The van der Waals surface area contributed by atoms with Gasteiger partial charge in [0.2, 0.25) is 0 Å². The average molecular weight is 374 g/mol. The number of amides is 2. The maximum absolute atomic E-state index is 12.7. The SMILES string of the molecule is Cc1ccnc(Oc2ccc(NC(=O)N3CCCc4ccccc4C3)cc2)n1. The second kappa shape index (κ2) is 8.08. The molecule has 1 aliphatic heterocycles. The Kier molecular flexibility index (Phi) is 5.19. The maximum Gasteiger partial charge on any atom is 0.322 e. The lowest BCUT2D eigenvalue weighted by Gasteiger charge is -2.21. The van der Waals surface area contributed by atoms with Crippen LogP contribution in [0.15, 0.2) is 60.8 Å². The van der Waals surface area contributed by atoms with Gasteiger partial charge in [0.1, 0.15) is 5.75 Å². The second-order valence-corrected chi connectivity index (χ2v) is 6.83. The Balaban J connectivity index is 1.39. The molecular formula is C22H22N4O2. The summed E-state index contributed by atoms with van der Waals surface area (Å²) < 4.78 is 5.65. The first kappa shape index (κ1) is 18.0. The van der Waals surface area contributed by atoms with Gasteiger partial charge in [-0.3, -0.25) is 0 Å². The molecule has 0 atom stereocenters. The zero-order valence-corrected chi connectivity index (χ0v) is 15.8. The standard InChI is InChI=1S/C22H22N4O2/c1-16-12-13-23-21(24-16)28-20-10-8-19(9-11-20)25-22(27)26-14-4-7-17-5-2-3-6-18(17)15-26/h2-3,5-6,8-13H,4,7,14-15H2,1H3,(H,25,27). The molecule has 0 saturated carbocycles. The number of aryl methyl sites for hydroxylation is 2. The van der Waals surface area contributed by atoms with E-state index in [2.05, 4.69) is 33.5 Å². The molecule has 28 heavy (non-hydrogen) atoms. The van der Waals surface area contributed by atoms with E-state index in [-0.39, 0.29) is 6.03 Å². The van der Waals surface area contributed by atoms with Gasteiger partial charge in [-0.25, -0.2) is 14.8 Å². The second-order valence-electron chi connectivity index (χ2n) is 6.83. The number of nitrogens with one attached hydrogen (secondary N) is 1. The zero-order chi connectivity index (χ0) is 19.3. The van der Waals surface area contributed by atoms with Crippen LogP contribution in [-0.2, 0) is 13.0 Å². The van der Waals surface area contributed by atoms with Crippen molar-refractivity contribution < 1.29 is 9.53 Å². The van der Waals surface area contributed by atoms with Gasteiger partial charge in [0.25, 0.3) is 0 Å². The Morgan fingerprint density at radius 1 is 1.07 bits per heavy atom. The summed E-state index contributed by atoms with van der Waals surface area (Å²) in [5.41, 5.74) is 4.11. The number of benzene rings is 2. The van der Waals surface area contributed by atoms with Crippen molar-refractivity contribution in [3.05, 3.63) is 77.6 Å². The van der Waals surface area contributed by atoms with Crippen LogP contribution in [0.3, 0.4) is 0 Å². The van der Waals surface area contributed by atoms with E-state index >= 15 is 0 Å². The third-order valence-electron chi connectivity index (χ3n) is 4.73. The highest BCUT2D eigenvalue weighted by Gasteiger charge is 2.18. The molecule has 0 aliphatic carbocycles. The lowest BCUT2D eigenvalue weighted by molar-refractivity contribution is 0.210. The summed E-state index contributed by atoms with van der Waals surface area (Å²) in [7, 11) is 0. The van der Waals surface area contributed by atoms with E-state index < -0.39 is 0 Å². The summed E-state index contributed by atoms with van der Waals surface area (Å²) in [6, 6.07) is 17.6. The fourth-order valence-corrected chi connectivity index (χ4v) is 3.26. The summed E-state index contributed by atoms with van der Waals surface area (Å²) in [6.45, 7) is 3.26. The van der Waals surface area contributed by atoms with Gasteiger partial charge in [-0.05, 0) is 61.2 Å². The first-order chi connectivity index (χ1) is 13.7. The quantitative estimate of drug-likeness (QED) is 0.730. The van der Waals surface area contributed by atoms with Crippen molar-refractivity contribution in [3.8, 4) is 11.8 Å². The molecule has 1 aromatic heterocycles. The Bertz CT molecular complexity index is 972. The molecule has 6 nitrogen and oxygen atoms in total. The number of carbonyl (C=O) groups is 1. The van der Waals surface area contributed by atoms with E-state index in [0.29, 0.717) is 18.3 Å². The monoisotopic (exact) mass is 374 g/mol. The predicted molar refractivity (Wildman–Crippen MR) is 107 cm³/mol. The molecule has 2 aromatic carbocycles. The van der Waals surface area contributed by atoms with Crippen LogP contribution in [0, 0.1) is 6.92 Å². The molecule has 0 radical (unpaired) electrons. The van der Waals surface area contributed by atoms with Crippen molar-refractivity contribution in [3.63, 3.8) is 0 Å². The maximum atomic E-state index is 12.7. The minimum atomic E-state index is -0.0904. The molecule has 0 saturated heterocycles. The number of hydrogen-bond donors (Lipinski definition) is 1. The summed E-state index contributed by atoms with van der Waals surface area (Å²) >= 11 is 0. The highest BCUT2D eigenvalue weighted by atomic mass is 16.5. The van der Waals surface area contributed by atoms with Crippen molar-refractivity contribution in [2.75, 3.05) is 11.9 Å². The van der Waals surface area contributed by atoms with E-state index in [0.717, 1.165) is 30.8 Å². The normalized spacial score (nSPS) is 13.4. The number of fused-ring (bicyclic) bond motifs is 1. The van der Waals surface area contributed by atoms with Crippen LogP contribution < -0.4 is 10.1 Å². The Labute approximate surface area is 164 Å². The van der Waals surface area contributed by atoms with E-state index in [1.807, 2.05) is 36.1 Å². The highest BCUT2D eigenvalue weighted by Crippen LogP contribution is 2.22. The van der Waals surface area contributed by atoms with E-state index in [9.17, 15) is 4.79 Å². The topological polar surface area (TPSA) is 67.3 Å². The molecule has 2 heterocycles. The van der Waals surface area contributed by atoms with Gasteiger partial charge in [-0.2, -0.15) is 0 Å². The number of urea groups is 1. The average Bonchev–Trinajstić information content (AvgIpc) is 2.92. The zero-order valence-electron chi connectivity index (χ0n) is 15.8. The van der Waals surface area contributed by atoms with Crippen molar-refractivity contribution in [2.45, 2.75) is 26.3 Å². The third kappa shape index (κ3) is 4.28. The minimum Gasteiger partial charge on any atom is -0.424 e. The van der Waals surface area contributed by atoms with Crippen LogP contribution in [0.4, 0.5) is 10.5 Å². The fraction of sp³-hybridized carbons (Fsp3) is 0.227. The largest absolute Gasteiger partial charge is 0.424 e. The minimum absolute atomic E-state index is 0.0904. The number of ether oxygens (including phenoxy) is 1. The lowest BCUT2D eigenvalue weighted by Crippen LogP contribution is -2.34. The Morgan fingerprint density at radius 3 is 2.64 bits per heavy atom. The molecular weight excluding hydrogens is 352 g/mol. The summed E-state index contributed by atoms with van der Waals surface area (Å²) in [5, 5.41) is 2.97. The number of rotatable bonds is 3. The molecule has 0 spiro atoms. The van der Waals surface area contributed by atoms with Gasteiger partial charge in [0.05, 0.1) is 0 Å². The Hall–Kier alpha value is -3.41. The molecule has 1 N–H and O–H groups in total. The van der Waals surface area contributed by atoms with Crippen LogP contribution >= 0.6 is 0 Å². The molecule has 0 fully saturated rings. The first-order valence-electron chi connectivity index (χ1n) is 9.38. The molecule has 4 rings (SSSR count). The molecule has 1 aliphatic rings. The van der Waals surface area contributed by atoms with E-state index in [4.69, 9.17) is 4.74 Å². The van der Waals surface area contributed by atoms with E-state index in [1.54, 1.807) is 18.3 Å².